The minimum atomic E-state index is -0.754. The number of carbonyl (C=O) groups excluding carboxylic acids is 2. The van der Waals surface area contributed by atoms with Crippen molar-refractivity contribution < 1.29 is 9.59 Å². The van der Waals surface area contributed by atoms with Gasteiger partial charge in [0.05, 0.1) is 22.9 Å². The third-order valence-electron chi connectivity index (χ3n) is 3.85. The van der Waals surface area contributed by atoms with Crippen LogP contribution < -0.4 is 10.6 Å². The molecular weight excluding hydrogens is 328 g/mol. The average molecular weight is 346 g/mol. The summed E-state index contributed by atoms with van der Waals surface area (Å²) in [7, 11) is 0. The van der Waals surface area contributed by atoms with E-state index in [9.17, 15) is 9.59 Å². The molecule has 0 aliphatic heterocycles. The lowest BCUT2D eigenvalue weighted by atomic mass is 10.1. The van der Waals surface area contributed by atoms with Crippen LogP contribution in [-0.4, -0.2) is 27.3 Å². The van der Waals surface area contributed by atoms with Crippen LogP contribution in [-0.2, 0) is 0 Å². The Morgan fingerprint density at radius 3 is 2.65 bits per heavy atom. The number of rotatable bonds is 4. The van der Waals surface area contributed by atoms with E-state index in [-0.39, 0.29) is 11.8 Å². The predicted molar refractivity (Wildman–Crippen MR) is 101 cm³/mol. The topological polar surface area (TPSA) is 86.9 Å². The maximum absolute atomic E-state index is 12.5. The Kier molecular flexibility index (Phi) is 4.46. The molecule has 0 saturated heterocycles. The number of carbonyl (C=O) groups is 2. The summed E-state index contributed by atoms with van der Waals surface area (Å²) >= 11 is 0. The number of imidazole rings is 1. The van der Waals surface area contributed by atoms with Gasteiger partial charge in [0.2, 0.25) is 0 Å². The van der Waals surface area contributed by atoms with Crippen LogP contribution in [0.5, 0.6) is 0 Å². The fraction of sp³-hybridized carbons (Fsp3) is 0.150. The third-order valence-corrected chi connectivity index (χ3v) is 3.85. The molecule has 0 atom stereocenters. The highest BCUT2D eigenvalue weighted by Crippen LogP contribution is 2.16. The summed E-state index contributed by atoms with van der Waals surface area (Å²) < 4.78 is 0. The van der Waals surface area contributed by atoms with Gasteiger partial charge in [0.25, 0.3) is 11.8 Å². The molecule has 3 rings (SSSR count). The van der Waals surface area contributed by atoms with Crippen molar-refractivity contribution in [3.8, 4) is 12.3 Å². The fourth-order valence-corrected chi connectivity index (χ4v) is 2.41. The third kappa shape index (κ3) is 3.73. The summed E-state index contributed by atoms with van der Waals surface area (Å²) in [4.78, 5) is 31.9. The monoisotopic (exact) mass is 346 g/mol. The standard InChI is InChI=1S/C20H18N4O2/c1-4-20(2,3)24-19(26)13-6-5-7-15(10-13)23-18(25)14-8-9-16-17(11-14)22-12-21-16/h1,5-12H,2-3H3,(H,21,22)(H,23,25)(H,24,26). The van der Waals surface area contributed by atoms with Crippen molar-refractivity contribution in [3.63, 3.8) is 0 Å². The summed E-state index contributed by atoms with van der Waals surface area (Å²) in [5.74, 6) is 1.94. The average Bonchev–Trinajstić information content (AvgIpc) is 3.09. The van der Waals surface area contributed by atoms with E-state index >= 15 is 0 Å². The number of fused-ring (bicyclic) bond motifs is 1. The number of H-pyrrole nitrogens is 1. The van der Waals surface area contributed by atoms with Crippen LogP contribution in [0.3, 0.4) is 0 Å². The molecule has 3 aromatic rings. The normalized spacial score (nSPS) is 11.0. The predicted octanol–water partition coefficient (Wildman–Crippen LogP) is 2.96. The largest absolute Gasteiger partial charge is 0.345 e. The molecule has 26 heavy (non-hydrogen) atoms. The van der Waals surface area contributed by atoms with Gasteiger partial charge in [-0.3, -0.25) is 9.59 Å². The van der Waals surface area contributed by atoms with E-state index in [2.05, 4.69) is 26.5 Å². The second-order valence-electron chi connectivity index (χ2n) is 6.39. The fourth-order valence-electron chi connectivity index (χ4n) is 2.41. The summed E-state index contributed by atoms with van der Waals surface area (Å²) in [5.41, 5.74) is 2.24. The van der Waals surface area contributed by atoms with E-state index in [0.717, 1.165) is 11.0 Å². The minimum absolute atomic E-state index is 0.275. The molecule has 0 fully saturated rings. The van der Waals surface area contributed by atoms with Crippen molar-refractivity contribution in [2.24, 2.45) is 0 Å². The Balaban J connectivity index is 1.76. The van der Waals surface area contributed by atoms with Gasteiger partial charge in [-0.2, -0.15) is 0 Å². The zero-order valence-electron chi connectivity index (χ0n) is 14.5. The van der Waals surface area contributed by atoms with Crippen LogP contribution in [0.2, 0.25) is 0 Å². The molecule has 1 aromatic heterocycles. The summed E-state index contributed by atoms with van der Waals surface area (Å²) in [6, 6.07) is 11.9. The molecule has 6 heteroatoms. The van der Waals surface area contributed by atoms with Crippen molar-refractivity contribution in [1.29, 1.82) is 0 Å². The highest BCUT2D eigenvalue weighted by atomic mass is 16.2. The molecule has 3 N–H and O–H groups in total. The van der Waals surface area contributed by atoms with Gasteiger partial charge in [-0.15, -0.1) is 6.42 Å². The molecule has 0 saturated carbocycles. The van der Waals surface area contributed by atoms with Crippen molar-refractivity contribution in [1.82, 2.24) is 15.3 Å². The number of nitrogens with one attached hydrogen (secondary N) is 3. The van der Waals surface area contributed by atoms with Gasteiger partial charge < -0.3 is 15.6 Å². The number of aromatic amines is 1. The number of hydrogen-bond acceptors (Lipinski definition) is 3. The Morgan fingerprint density at radius 1 is 1.12 bits per heavy atom. The van der Waals surface area contributed by atoms with Crippen LogP contribution in [0.4, 0.5) is 5.69 Å². The van der Waals surface area contributed by atoms with Gasteiger partial charge >= 0.3 is 0 Å². The van der Waals surface area contributed by atoms with Crippen molar-refractivity contribution in [2.75, 3.05) is 5.32 Å². The summed E-state index contributed by atoms with van der Waals surface area (Å²) in [5, 5.41) is 5.55. The first-order chi connectivity index (χ1) is 12.4. The number of anilines is 1. The lowest BCUT2D eigenvalue weighted by molar-refractivity contribution is 0.0928. The molecular formula is C20H18N4O2. The molecule has 0 radical (unpaired) electrons. The first-order valence-corrected chi connectivity index (χ1v) is 8.03. The second kappa shape index (κ2) is 6.73. The van der Waals surface area contributed by atoms with Gasteiger partial charge in [0, 0.05) is 16.8 Å². The first kappa shape index (κ1) is 17.2. The Labute approximate surface area is 151 Å². The van der Waals surface area contributed by atoms with E-state index in [4.69, 9.17) is 6.42 Å². The molecule has 0 spiro atoms. The highest BCUT2D eigenvalue weighted by molar-refractivity contribution is 6.06. The molecule has 0 bridgehead atoms. The molecule has 0 aliphatic carbocycles. The lowest BCUT2D eigenvalue weighted by Gasteiger charge is -2.19. The number of nitrogens with zero attached hydrogens (tertiary/aromatic N) is 1. The summed E-state index contributed by atoms with van der Waals surface area (Å²) in [6.07, 6.45) is 6.97. The van der Waals surface area contributed by atoms with Gasteiger partial charge in [0.1, 0.15) is 0 Å². The lowest BCUT2D eigenvalue weighted by Crippen LogP contribution is -2.42. The maximum atomic E-state index is 12.5. The quantitative estimate of drug-likeness (QED) is 0.635. The van der Waals surface area contributed by atoms with E-state index in [1.165, 1.54) is 0 Å². The molecule has 130 valence electrons. The van der Waals surface area contributed by atoms with E-state index in [1.54, 1.807) is 62.6 Å². The van der Waals surface area contributed by atoms with Crippen LogP contribution in [0.25, 0.3) is 11.0 Å². The minimum Gasteiger partial charge on any atom is -0.345 e. The molecule has 0 aliphatic rings. The van der Waals surface area contributed by atoms with Gasteiger partial charge in [-0.1, -0.05) is 12.0 Å². The SMILES string of the molecule is C#CC(C)(C)NC(=O)c1cccc(NC(=O)c2ccc3nc[nH]c3c2)c1. The van der Waals surface area contributed by atoms with Crippen LogP contribution in [0, 0.1) is 12.3 Å². The van der Waals surface area contributed by atoms with E-state index in [0.29, 0.717) is 16.8 Å². The van der Waals surface area contributed by atoms with E-state index in [1.807, 2.05) is 0 Å². The zero-order chi connectivity index (χ0) is 18.7. The van der Waals surface area contributed by atoms with Crippen molar-refractivity contribution in [3.05, 3.63) is 59.9 Å². The number of terminal acetylenes is 1. The van der Waals surface area contributed by atoms with Crippen LogP contribution in [0.15, 0.2) is 48.8 Å². The van der Waals surface area contributed by atoms with Crippen molar-refractivity contribution in [2.45, 2.75) is 19.4 Å². The molecule has 2 aromatic carbocycles. The van der Waals surface area contributed by atoms with Gasteiger partial charge in [-0.05, 0) is 50.2 Å². The number of amides is 2. The van der Waals surface area contributed by atoms with Crippen LogP contribution >= 0.6 is 0 Å². The maximum Gasteiger partial charge on any atom is 0.255 e. The number of aromatic nitrogens is 2. The Bertz CT molecular complexity index is 1030. The highest BCUT2D eigenvalue weighted by Gasteiger charge is 2.18. The molecule has 2 amide bonds. The molecule has 1 heterocycles. The zero-order valence-corrected chi connectivity index (χ0v) is 14.5. The van der Waals surface area contributed by atoms with Crippen molar-refractivity contribution >= 4 is 28.5 Å². The second-order valence-corrected chi connectivity index (χ2v) is 6.39. The summed E-state index contributed by atoms with van der Waals surface area (Å²) in [6.45, 7) is 3.48. The van der Waals surface area contributed by atoms with E-state index < -0.39 is 5.54 Å². The first-order valence-electron chi connectivity index (χ1n) is 8.03. The molecule has 0 unspecified atom stereocenters. The number of benzene rings is 2. The Hall–Kier alpha value is -3.59. The molecule has 6 nitrogen and oxygen atoms in total. The Morgan fingerprint density at radius 2 is 1.88 bits per heavy atom. The van der Waals surface area contributed by atoms with Crippen LogP contribution in [0.1, 0.15) is 34.6 Å². The smallest absolute Gasteiger partial charge is 0.255 e. The number of hydrogen-bond donors (Lipinski definition) is 3. The van der Waals surface area contributed by atoms with Gasteiger partial charge in [0.15, 0.2) is 0 Å². The van der Waals surface area contributed by atoms with Gasteiger partial charge in [-0.25, -0.2) is 4.98 Å².